The number of hydrogen-bond acceptors (Lipinski definition) is 2. The zero-order chi connectivity index (χ0) is 93.6. The fraction of sp³-hybridized carbons (Fsp3) is 0.0862. The van der Waals surface area contributed by atoms with Crippen molar-refractivity contribution in [1.82, 2.24) is 4.57 Å². The number of para-hydroxylation sites is 1. The third-order valence-electron chi connectivity index (χ3n) is 25.2. The van der Waals surface area contributed by atoms with E-state index in [1.807, 2.05) is 42.5 Å². The molecule has 0 spiro atoms. The first-order chi connectivity index (χ1) is 65.2. The Labute approximate surface area is 738 Å². The number of benzene rings is 17. The molecule has 3 heterocycles. The minimum Gasteiger partial charge on any atom is -0.313 e. The average Bonchev–Trinajstić information content (AvgIpc) is 1.64. The number of nitrogens with zero attached hydrogens (tertiary/aromatic N) is 3. The van der Waals surface area contributed by atoms with Crippen molar-refractivity contribution in [3.8, 4) is 61.3 Å². The van der Waals surface area contributed by atoms with Gasteiger partial charge in [-0.3, -0.25) is 0 Å². The van der Waals surface area contributed by atoms with Crippen LogP contribution in [0.3, 0.4) is 0 Å². The molecule has 0 saturated heterocycles. The number of rotatable bonds is 16. The van der Waals surface area contributed by atoms with Crippen molar-refractivity contribution in [2.45, 2.75) is 65.2 Å². The molecule has 17 aromatic carbocycles. The summed E-state index contributed by atoms with van der Waals surface area (Å²) >= 11 is 0. The molecule has 3 aliphatic rings. The van der Waals surface area contributed by atoms with Crippen LogP contribution in [0.4, 0.5) is 34.1 Å². The quantitative estimate of drug-likeness (QED) is 0.0706. The first-order valence-corrected chi connectivity index (χ1v) is 46.0. The summed E-state index contributed by atoms with van der Waals surface area (Å²) in [6, 6.07) is 128. The molecule has 2 atom stereocenters. The van der Waals surface area contributed by atoms with Crippen molar-refractivity contribution in [3.05, 3.63) is 453 Å². The van der Waals surface area contributed by atoms with Crippen LogP contribution in [0.25, 0.3) is 78.3 Å². The van der Waals surface area contributed by atoms with Crippen molar-refractivity contribution < 1.29 is 17.8 Å². The van der Waals surface area contributed by atoms with Gasteiger partial charge in [0.05, 0.1) is 32.0 Å². The highest BCUT2D eigenvalue weighted by atomic mass is 28.3. The summed E-state index contributed by atoms with van der Waals surface area (Å²) in [5.41, 5.74) is 18.2. The minimum atomic E-state index is -3.60. The maximum absolute atomic E-state index is 10.4. The van der Waals surface area contributed by atoms with E-state index >= 15 is 0 Å². The van der Waals surface area contributed by atoms with Gasteiger partial charge < -0.3 is 14.4 Å². The van der Waals surface area contributed by atoms with E-state index in [1.54, 1.807) is 4.57 Å². The molecule has 122 heavy (non-hydrogen) atoms. The van der Waals surface area contributed by atoms with Crippen LogP contribution in [0.2, 0.25) is 0 Å². The van der Waals surface area contributed by atoms with Crippen LogP contribution in [0.5, 0.6) is 0 Å². The molecule has 0 bridgehead atoms. The zero-order valence-electron chi connectivity index (χ0n) is 81.8. The van der Waals surface area contributed by atoms with E-state index in [1.165, 1.54) is 0 Å². The molecular formula is C116H94BN3Si2. The second-order valence-electron chi connectivity index (χ2n) is 34.2. The largest absolute Gasteiger partial charge is 0.313 e. The minimum absolute atomic E-state index is 0.00374. The van der Waals surface area contributed by atoms with Gasteiger partial charge in [0, 0.05) is 58.9 Å². The third kappa shape index (κ3) is 12.8. The normalized spacial score (nSPS) is 15.9. The number of fused-ring (bicyclic) bond motifs is 7. The lowest BCUT2D eigenvalue weighted by atomic mass is 9.33. The van der Waals surface area contributed by atoms with Gasteiger partial charge in [0.25, 0.3) is 6.71 Å². The molecule has 21 rings (SSSR count). The highest BCUT2D eigenvalue weighted by Crippen LogP contribution is 2.52. The first-order valence-electron chi connectivity index (χ1n) is 48.6. The van der Waals surface area contributed by atoms with Crippen LogP contribution in [0.15, 0.2) is 430 Å². The van der Waals surface area contributed by atoms with Crippen LogP contribution in [0, 0.1) is 0 Å². The zero-order valence-corrected chi connectivity index (χ0v) is 70.8. The lowest BCUT2D eigenvalue weighted by Crippen LogP contribution is -2.75. The van der Waals surface area contributed by atoms with Gasteiger partial charge in [-0.05, 0) is 192 Å². The Morgan fingerprint density at radius 2 is 0.713 bits per heavy atom. The van der Waals surface area contributed by atoms with E-state index in [9.17, 15) is 13.7 Å². The smallest absolute Gasteiger partial charge is 0.252 e. The van der Waals surface area contributed by atoms with E-state index in [0.717, 1.165) is 142 Å². The van der Waals surface area contributed by atoms with Gasteiger partial charge in [0.15, 0.2) is 16.1 Å². The molecule has 1 aliphatic carbocycles. The summed E-state index contributed by atoms with van der Waals surface area (Å²) in [5.74, 6) is 0. The maximum atomic E-state index is 10.4. The summed E-state index contributed by atoms with van der Waals surface area (Å²) in [7, 11) is -7.07. The number of allylic oxidation sites excluding steroid dienone is 1. The molecule has 3 nitrogen and oxygen atoms in total. The number of anilines is 6. The van der Waals surface area contributed by atoms with Gasteiger partial charge in [-0.15, -0.1) is 0 Å². The van der Waals surface area contributed by atoms with E-state index in [-0.39, 0.29) is 56.7 Å². The fourth-order valence-electron chi connectivity index (χ4n) is 19.5. The Balaban J connectivity index is 0.909. The molecule has 18 aromatic rings. The van der Waals surface area contributed by atoms with E-state index in [4.69, 9.17) is 4.11 Å². The second-order valence-corrected chi connectivity index (χ2v) is 41.9. The predicted octanol–water partition coefficient (Wildman–Crippen LogP) is 22.4. The van der Waals surface area contributed by atoms with E-state index in [2.05, 4.69) is 379 Å². The molecule has 6 heteroatoms. The lowest BCUT2D eigenvalue weighted by molar-refractivity contribution is 0.590. The third-order valence-corrected chi connectivity index (χ3v) is 34.8. The molecule has 0 amide bonds. The summed E-state index contributed by atoms with van der Waals surface area (Å²) in [4.78, 5) is 4.83. The Hall–Kier alpha value is -13.9. The Morgan fingerprint density at radius 1 is 0.311 bits per heavy atom. The molecule has 0 saturated carbocycles. The highest BCUT2D eigenvalue weighted by molar-refractivity contribution is 7.20. The van der Waals surface area contributed by atoms with Gasteiger partial charge in [-0.1, -0.05) is 424 Å². The molecule has 0 N–H and O–H groups in total. The fourth-order valence-corrected chi connectivity index (χ4v) is 29.0. The van der Waals surface area contributed by atoms with Gasteiger partial charge in [0.2, 0.25) is 0 Å². The Kier molecular flexibility index (Phi) is 15.7. The standard InChI is InChI=1S/C116H94BN3Si2/c1-115(2,3)89-64-71-108(102(76-89)84-41-19-9-20-42-84)119-110-70-63-88(83-61-66-96(67-62-83)121(92-47-23-11-24-48-92,93-49-25-12-26-50-93)97-55-35-45-86(73-97)81-37-15-7-16-38-81)75-105(110)117-104-69-68-99(122(94-51-27-13-28-52-94,95-53-29-14-30-54-95)98-56-36-46-87(74-98)82-39-17-8-18-40-82)80-111(104)120(109-72-65-90(116(4,5)6)77-103(109)85-43-21-10-22-44-85)113-79-91(78-112(119)114(113)117)118-106-59-33-31-57-100(106)101-58-32-34-60-107(101)118/h7-33,35-59,61-80H,34,60H2,1-6H3/i7D,15D,16D,31D,32D,33D,34D,37D,38D,57D,58D,59D,60D. The van der Waals surface area contributed by atoms with Crippen molar-refractivity contribution >= 4 is 132 Å². The van der Waals surface area contributed by atoms with Gasteiger partial charge in [0.1, 0.15) is 0 Å². The molecule has 584 valence electrons. The molecular weight excluding hydrogens is 1500 g/mol. The first kappa shape index (κ1) is 62.3. The van der Waals surface area contributed by atoms with E-state index in [0.29, 0.717) is 16.9 Å². The molecule has 2 aliphatic heterocycles. The van der Waals surface area contributed by atoms with Crippen LogP contribution >= 0.6 is 0 Å². The van der Waals surface area contributed by atoms with Gasteiger partial charge in [-0.2, -0.15) is 0 Å². The summed E-state index contributed by atoms with van der Waals surface area (Å²) in [6.45, 7) is 12.8. The monoisotopic (exact) mass is 1610 g/mol. The number of aromatic nitrogens is 1. The summed E-state index contributed by atoms with van der Waals surface area (Å²) in [6.07, 6.45) is -3.12. The Morgan fingerprint density at radius 3 is 1.24 bits per heavy atom. The van der Waals surface area contributed by atoms with Crippen LogP contribution < -0.4 is 67.7 Å². The SMILES string of the molecule is [2H]C1=C([2H])C([2H])C([2H])c2c1c1c([2H])c([2H])c([2H])c([2H])c1n2-c1cc2c3c(c1)N(c1ccc(C(C)(C)C)cc1-c1ccccc1)c1cc([Si](c4ccccc4)(c4ccccc4)c4cccc(-c5ccccc5)c4)ccc1B3c1cc(-c3ccc([Si](c4ccccc4)(c4ccccc4)c4cccc(-c5c([2H])c([2H])c([2H])c([2H])c5[2H])c4)cc3)ccc1N2c1ccc(C(C)(C)C)cc1-c1ccccc1. The highest BCUT2D eigenvalue weighted by Gasteiger charge is 2.49. The van der Waals surface area contributed by atoms with Crippen LogP contribution in [0.1, 0.15) is 88.1 Å². The van der Waals surface area contributed by atoms with Crippen LogP contribution in [-0.2, 0) is 17.2 Å². The molecule has 0 fully saturated rings. The molecule has 1 aromatic heterocycles. The predicted molar refractivity (Wildman–Crippen MR) is 526 cm³/mol. The average molecular weight is 1610 g/mol. The van der Waals surface area contributed by atoms with E-state index < -0.39 is 84.0 Å². The second kappa shape index (κ2) is 30.7. The number of hydrogen-bond donors (Lipinski definition) is 0. The molecule has 2 unspecified atom stereocenters. The molecule has 0 radical (unpaired) electrons. The van der Waals surface area contributed by atoms with Crippen molar-refractivity contribution in [2.75, 3.05) is 9.80 Å². The van der Waals surface area contributed by atoms with Gasteiger partial charge >= 0.3 is 0 Å². The van der Waals surface area contributed by atoms with Crippen molar-refractivity contribution in [1.29, 1.82) is 0 Å². The maximum Gasteiger partial charge on any atom is 0.252 e. The van der Waals surface area contributed by atoms with Crippen LogP contribution in [-0.4, -0.2) is 27.4 Å². The van der Waals surface area contributed by atoms with Crippen molar-refractivity contribution in [3.63, 3.8) is 0 Å². The Bertz CT molecular complexity index is 7700. The lowest BCUT2D eigenvalue weighted by Gasteiger charge is -2.46. The van der Waals surface area contributed by atoms with Crippen molar-refractivity contribution in [2.24, 2.45) is 0 Å². The summed E-state index contributed by atoms with van der Waals surface area (Å²) < 4.78 is 125. The summed E-state index contributed by atoms with van der Waals surface area (Å²) in [5, 5.41) is 8.72. The topological polar surface area (TPSA) is 11.4 Å². The van der Waals surface area contributed by atoms with Gasteiger partial charge in [-0.25, -0.2) is 0 Å².